The van der Waals surface area contributed by atoms with Gasteiger partial charge in [-0.15, -0.1) is 0 Å². The van der Waals surface area contributed by atoms with E-state index >= 15 is 0 Å². The van der Waals surface area contributed by atoms with Crippen molar-refractivity contribution in [3.63, 3.8) is 0 Å². The zero-order valence-electron chi connectivity index (χ0n) is 16.5. The fourth-order valence-electron chi connectivity index (χ4n) is 3.38. The first-order valence-electron chi connectivity index (χ1n) is 9.60. The van der Waals surface area contributed by atoms with Crippen LogP contribution in [0.5, 0.6) is 11.5 Å². The van der Waals surface area contributed by atoms with Crippen molar-refractivity contribution >= 4 is 28.1 Å². The molecule has 0 unspecified atom stereocenters. The number of anilines is 1. The lowest BCUT2D eigenvalue weighted by molar-refractivity contribution is 0.281. The summed E-state index contributed by atoms with van der Waals surface area (Å²) in [5.74, 6) is 0.889. The van der Waals surface area contributed by atoms with Crippen LogP contribution in [0.4, 0.5) is 10.1 Å². The second-order valence-corrected chi connectivity index (χ2v) is 7.26. The van der Waals surface area contributed by atoms with E-state index in [-0.39, 0.29) is 12.4 Å². The van der Waals surface area contributed by atoms with E-state index in [1.165, 1.54) is 17.5 Å². The summed E-state index contributed by atoms with van der Waals surface area (Å²) < 4.78 is 24.9. The quantitative estimate of drug-likeness (QED) is 0.354. The molecule has 0 aliphatic heterocycles. The van der Waals surface area contributed by atoms with Crippen LogP contribution < -0.4 is 14.8 Å². The van der Waals surface area contributed by atoms with Crippen molar-refractivity contribution in [2.45, 2.75) is 13.2 Å². The molecule has 0 amide bonds. The zero-order valence-corrected chi connectivity index (χ0v) is 17.2. The Morgan fingerprint density at radius 2 is 1.70 bits per heavy atom. The van der Waals surface area contributed by atoms with E-state index in [1.807, 2.05) is 36.4 Å². The van der Waals surface area contributed by atoms with Gasteiger partial charge in [0.05, 0.1) is 12.1 Å². The van der Waals surface area contributed by atoms with Crippen molar-refractivity contribution in [3.8, 4) is 11.5 Å². The number of nitrogens with one attached hydrogen (secondary N) is 1. The first kappa shape index (κ1) is 20.0. The molecule has 0 radical (unpaired) electrons. The number of para-hydroxylation sites is 1. The number of rotatable bonds is 7. The minimum atomic E-state index is -0.374. The van der Waals surface area contributed by atoms with Crippen LogP contribution in [0.2, 0.25) is 5.02 Å². The maximum Gasteiger partial charge on any atom is 0.166 e. The highest BCUT2D eigenvalue weighted by Crippen LogP contribution is 2.33. The second kappa shape index (κ2) is 9.06. The molecule has 4 aromatic rings. The van der Waals surface area contributed by atoms with Gasteiger partial charge in [-0.25, -0.2) is 4.39 Å². The van der Waals surface area contributed by atoms with Crippen molar-refractivity contribution in [1.82, 2.24) is 0 Å². The average Bonchev–Trinajstić information content (AvgIpc) is 2.77. The Kier molecular flexibility index (Phi) is 6.05. The van der Waals surface area contributed by atoms with Crippen molar-refractivity contribution in [1.29, 1.82) is 0 Å². The summed E-state index contributed by atoms with van der Waals surface area (Å²) in [7, 11) is 1.61. The van der Waals surface area contributed by atoms with Crippen LogP contribution in [-0.4, -0.2) is 7.11 Å². The fourth-order valence-corrected chi connectivity index (χ4v) is 3.61. The van der Waals surface area contributed by atoms with Gasteiger partial charge in [-0.2, -0.15) is 0 Å². The molecule has 4 aromatic carbocycles. The van der Waals surface area contributed by atoms with E-state index in [4.69, 9.17) is 21.1 Å². The number of hydrogen-bond donors (Lipinski definition) is 1. The van der Waals surface area contributed by atoms with E-state index < -0.39 is 0 Å². The maximum atomic E-state index is 13.3. The second-order valence-electron chi connectivity index (χ2n) is 6.85. The Morgan fingerprint density at radius 3 is 2.53 bits per heavy atom. The predicted molar refractivity (Wildman–Crippen MR) is 120 cm³/mol. The normalized spacial score (nSPS) is 10.8. The first-order valence-corrected chi connectivity index (χ1v) is 9.98. The number of ether oxygens (including phenoxy) is 2. The minimum Gasteiger partial charge on any atom is -0.493 e. The number of halogens is 2. The Bertz CT molecular complexity index is 1170. The van der Waals surface area contributed by atoms with Gasteiger partial charge in [-0.1, -0.05) is 66.2 Å². The van der Waals surface area contributed by atoms with Crippen molar-refractivity contribution in [2.75, 3.05) is 12.4 Å². The standard InChI is InChI=1S/C25H21ClFNO2/c1-29-24-11-5-8-18(25(24)30-16-19-12-13-20(27)14-22(19)26)15-28-23-10-4-7-17-6-2-3-9-21(17)23/h2-14,28H,15-16H2,1H3. The topological polar surface area (TPSA) is 30.5 Å². The first-order chi connectivity index (χ1) is 14.7. The van der Waals surface area contributed by atoms with Gasteiger partial charge in [0.25, 0.3) is 0 Å². The third-order valence-corrected chi connectivity index (χ3v) is 5.28. The molecule has 0 aromatic heterocycles. The molecule has 0 heterocycles. The van der Waals surface area contributed by atoms with Gasteiger partial charge in [0.2, 0.25) is 0 Å². The van der Waals surface area contributed by atoms with Gasteiger partial charge in [-0.05, 0) is 29.7 Å². The van der Waals surface area contributed by atoms with Crippen molar-refractivity contribution in [3.05, 3.63) is 101 Å². The van der Waals surface area contributed by atoms with E-state index in [1.54, 1.807) is 13.2 Å². The van der Waals surface area contributed by atoms with Crippen LogP contribution in [0.15, 0.2) is 78.9 Å². The molecule has 152 valence electrons. The molecule has 5 heteroatoms. The predicted octanol–water partition coefficient (Wildman–Crippen LogP) is 6.83. The molecule has 30 heavy (non-hydrogen) atoms. The summed E-state index contributed by atoms with van der Waals surface area (Å²) in [4.78, 5) is 0. The minimum absolute atomic E-state index is 0.209. The van der Waals surface area contributed by atoms with Gasteiger partial charge >= 0.3 is 0 Å². The zero-order chi connectivity index (χ0) is 20.9. The number of benzene rings is 4. The Labute approximate surface area is 180 Å². The van der Waals surface area contributed by atoms with E-state index in [0.29, 0.717) is 28.6 Å². The fraction of sp³-hybridized carbons (Fsp3) is 0.120. The van der Waals surface area contributed by atoms with Crippen molar-refractivity contribution in [2.24, 2.45) is 0 Å². The van der Waals surface area contributed by atoms with Crippen LogP contribution >= 0.6 is 11.6 Å². The molecule has 0 saturated heterocycles. The molecule has 4 rings (SSSR count). The van der Waals surface area contributed by atoms with Crippen LogP contribution in [0, 0.1) is 5.82 Å². The van der Waals surface area contributed by atoms with Crippen LogP contribution in [0.3, 0.4) is 0 Å². The summed E-state index contributed by atoms with van der Waals surface area (Å²) in [5.41, 5.74) is 2.70. The SMILES string of the molecule is COc1cccc(CNc2cccc3ccccc23)c1OCc1ccc(F)cc1Cl. The third kappa shape index (κ3) is 4.34. The lowest BCUT2D eigenvalue weighted by Crippen LogP contribution is -2.06. The molecule has 1 N–H and O–H groups in total. The number of methoxy groups -OCH3 is 1. The average molecular weight is 422 g/mol. The summed E-state index contributed by atoms with van der Waals surface area (Å²) in [6, 6.07) is 24.5. The highest BCUT2D eigenvalue weighted by atomic mass is 35.5. The largest absolute Gasteiger partial charge is 0.493 e. The number of fused-ring (bicyclic) bond motifs is 1. The smallest absolute Gasteiger partial charge is 0.166 e. The van der Waals surface area contributed by atoms with Gasteiger partial charge in [0.1, 0.15) is 12.4 Å². The maximum absolute atomic E-state index is 13.3. The molecular formula is C25H21ClFNO2. The van der Waals surface area contributed by atoms with E-state index in [0.717, 1.165) is 16.6 Å². The Balaban J connectivity index is 1.57. The Morgan fingerprint density at radius 1 is 0.900 bits per heavy atom. The van der Waals surface area contributed by atoms with Gasteiger partial charge in [0, 0.05) is 28.7 Å². The lowest BCUT2D eigenvalue weighted by atomic mass is 10.1. The van der Waals surface area contributed by atoms with E-state index in [9.17, 15) is 4.39 Å². The van der Waals surface area contributed by atoms with Crippen LogP contribution in [0.25, 0.3) is 10.8 Å². The monoisotopic (exact) mass is 421 g/mol. The molecular weight excluding hydrogens is 401 g/mol. The van der Waals surface area contributed by atoms with Gasteiger partial charge in [-0.3, -0.25) is 0 Å². The van der Waals surface area contributed by atoms with Crippen molar-refractivity contribution < 1.29 is 13.9 Å². The highest BCUT2D eigenvalue weighted by molar-refractivity contribution is 6.31. The molecule has 0 saturated carbocycles. The van der Waals surface area contributed by atoms with Gasteiger partial charge < -0.3 is 14.8 Å². The summed E-state index contributed by atoms with van der Waals surface area (Å²) in [5, 5.41) is 6.17. The van der Waals surface area contributed by atoms with Gasteiger partial charge in [0.15, 0.2) is 11.5 Å². The van der Waals surface area contributed by atoms with E-state index in [2.05, 4.69) is 29.6 Å². The molecule has 3 nitrogen and oxygen atoms in total. The molecule has 0 spiro atoms. The Hall–Kier alpha value is -3.24. The highest BCUT2D eigenvalue weighted by Gasteiger charge is 2.13. The summed E-state index contributed by atoms with van der Waals surface area (Å²) >= 11 is 6.14. The summed E-state index contributed by atoms with van der Waals surface area (Å²) in [6.45, 7) is 0.762. The summed E-state index contributed by atoms with van der Waals surface area (Å²) in [6.07, 6.45) is 0. The van der Waals surface area contributed by atoms with Crippen LogP contribution in [-0.2, 0) is 13.2 Å². The molecule has 0 aliphatic rings. The number of hydrogen-bond acceptors (Lipinski definition) is 3. The third-order valence-electron chi connectivity index (χ3n) is 4.93. The molecule has 0 bridgehead atoms. The molecule has 0 atom stereocenters. The molecule has 0 fully saturated rings. The van der Waals surface area contributed by atoms with Crippen LogP contribution in [0.1, 0.15) is 11.1 Å². The molecule has 0 aliphatic carbocycles. The lowest BCUT2D eigenvalue weighted by Gasteiger charge is -2.17.